The molecule has 0 unspecified atom stereocenters. The summed E-state index contributed by atoms with van der Waals surface area (Å²) in [7, 11) is 3.25. The van der Waals surface area contributed by atoms with Gasteiger partial charge in [-0.25, -0.2) is 0 Å². The molecule has 0 amide bonds. The van der Waals surface area contributed by atoms with Crippen molar-refractivity contribution in [1.29, 1.82) is 0 Å². The van der Waals surface area contributed by atoms with Crippen LogP contribution in [0.25, 0.3) is 0 Å². The lowest BCUT2D eigenvalue weighted by molar-refractivity contribution is 0.0627. The van der Waals surface area contributed by atoms with E-state index in [0.29, 0.717) is 35.6 Å². The van der Waals surface area contributed by atoms with Crippen molar-refractivity contribution in [3.05, 3.63) is 35.5 Å². The Kier molecular flexibility index (Phi) is 5.04. The van der Waals surface area contributed by atoms with Gasteiger partial charge in [-0.05, 0) is 30.0 Å². The van der Waals surface area contributed by atoms with E-state index in [1.807, 2.05) is 18.2 Å². The molecule has 0 bridgehead atoms. The van der Waals surface area contributed by atoms with Gasteiger partial charge in [0.25, 0.3) is 0 Å². The Morgan fingerprint density at radius 3 is 2.71 bits per heavy atom. The van der Waals surface area contributed by atoms with Crippen LogP contribution in [0.15, 0.2) is 22.7 Å². The van der Waals surface area contributed by atoms with E-state index in [-0.39, 0.29) is 12.0 Å². The first-order valence-corrected chi connectivity index (χ1v) is 8.27. The van der Waals surface area contributed by atoms with Crippen molar-refractivity contribution in [1.82, 2.24) is 10.1 Å². The highest BCUT2D eigenvalue weighted by Gasteiger charge is 2.35. The van der Waals surface area contributed by atoms with Gasteiger partial charge >= 0.3 is 0 Å². The largest absolute Gasteiger partial charge is 0.493 e. The molecule has 1 aliphatic rings. The summed E-state index contributed by atoms with van der Waals surface area (Å²) in [5, 5.41) is 4.13. The van der Waals surface area contributed by atoms with Gasteiger partial charge in [0.2, 0.25) is 5.89 Å². The van der Waals surface area contributed by atoms with Crippen molar-refractivity contribution in [3.8, 4) is 11.5 Å². The molecule has 2 aromatic rings. The van der Waals surface area contributed by atoms with Crippen molar-refractivity contribution in [3.63, 3.8) is 0 Å². The van der Waals surface area contributed by atoms with Crippen molar-refractivity contribution in [2.75, 3.05) is 20.8 Å². The van der Waals surface area contributed by atoms with Gasteiger partial charge in [0.1, 0.15) is 0 Å². The number of nitrogens with zero attached hydrogens (tertiary/aromatic N) is 2. The fraction of sp³-hybridized carbons (Fsp3) is 0.556. The van der Waals surface area contributed by atoms with Crippen LogP contribution in [-0.2, 0) is 11.2 Å². The summed E-state index contributed by atoms with van der Waals surface area (Å²) in [4.78, 5) is 4.59. The quantitative estimate of drug-likeness (QED) is 0.809. The van der Waals surface area contributed by atoms with Crippen LogP contribution in [0.5, 0.6) is 11.5 Å². The van der Waals surface area contributed by atoms with E-state index in [0.717, 1.165) is 18.6 Å². The topological polar surface area (TPSA) is 66.6 Å². The number of rotatable bonds is 6. The second kappa shape index (κ2) is 7.21. The lowest BCUT2D eigenvalue weighted by Crippen LogP contribution is -2.21. The molecule has 1 aromatic heterocycles. The molecule has 1 fully saturated rings. The molecule has 6 heteroatoms. The van der Waals surface area contributed by atoms with Crippen LogP contribution < -0.4 is 9.47 Å². The molecule has 1 aromatic carbocycles. The third kappa shape index (κ3) is 3.38. The Bertz CT molecular complexity index is 683. The average Bonchev–Trinajstić information content (AvgIpc) is 3.23. The second-order valence-corrected chi connectivity index (χ2v) is 6.39. The molecule has 2 atom stereocenters. The van der Waals surface area contributed by atoms with E-state index in [1.165, 1.54) is 0 Å². The first-order valence-electron chi connectivity index (χ1n) is 8.27. The maximum absolute atomic E-state index is 5.81. The van der Waals surface area contributed by atoms with E-state index in [1.54, 1.807) is 14.2 Å². The summed E-state index contributed by atoms with van der Waals surface area (Å²) in [5.74, 6) is 3.38. The van der Waals surface area contributed by atoms with E-state index in [2.05, 4.69) is 24.0 Å². The molecular weight excluding hydrogens is 308 g/mol. The standard InChI is InChI=1S/C18H24N2O4/c1-11(2)17-13(7-8-23-17)18-19-16(20-24-18)10-12-5-6-14(21-3)15(9-12)22-4/h5-6,9,11,13,17H,7-8,10H2,1-4H3/t13-,17-/m0/s1. The summed E-state index contributed by atoms with van der Waals surface area (Å²) in [6.07, 6.45) is 1.67. The molecule has 6 nitrogen and oxygen atoms in total. The minimum atomic E-state index is 0.152. The third-order valence-corrected chi connectivity index (χ3v) is 4.40. The van der Waals surface area contributed by atoms with Crippen LogP contribution in [-0.4, -0.2) is 37.1 Å². The third-order valence-electron chi connectivity index (χ3n) is 4.40. The zero-order valence-electron chi connectivity index (χ0n) is 14.6. The number of hydrogen-bond acceptors (Lipinski definition) is 6. The van der Waals surface area contributed by atoms with Gasteiger partial charge in [-0.3, -0.25) is 0 Å². The fourth-order valence-corrected chi connectivity index (χ4v) is 3.20. The van der Waals surface area contributed by atoms with Crippen molar-refractivity contribution < 1.29 is 18.7 Å². The summed E-state index contributed by atoms with van der Waals surface area (Å²) >= 11 is 0. The molecule has 1 aliphatic heterocycles. The Balaban J connectivity index is 1.74. The zero-order chi connectivity index (χ0) is 17.1. The summed E-state index contributed by atoms with van der Waals surface area (Å²) in [6, 6.07) is 5.80. The molecule has 3 rings (SSSR count). The molecule has 0 aliphatic carbocycles. The Morgan fingerprint density at radius 2 is 2.00 bits per heavy atom. The van der Waals surface area contributed by atoms with Crippen LogP contribution in [0.2, 0.25) is 0 Å². The molecule has 0 N–H and O–H groups in total. The molecule has 24 heavy (non-hydrogen) atoms. The minimum absolute atomic E-state index is 0.152. The SMILES string of the molecule is COc1ccc(Cc2noc([C@H]3CCO[C@H]3C(C)C)n2)cc1OC. The van der Waals surface area contributed by atoms with Crippen molar-refractivity contribution in [2.24, 2.45) is 5.92 Å². The van der Waals surface area contributed by atoms with Crippen LogP contribution in [0.1, 0.15) is 43.5 Å². The monoisotopic (exact) mass is 332 g/mol. The van der Waals surface area contributed by atoms with Gasteiger partial charge in [-0.15, -0.1) is 0 Å². The number of methoxy groups -OCH3 is 2. The maximum atomic E-state index is 5.81. The number of benzene rings is 1. The normalized spacial score (nSPS) is 20.5. The van der Waals surface area contributed by atoms with E-state index in [9.17, 15) is 0 Å². The lowest BCUT2D eigenvalue weighted by Gasteiger charge is -2.18. The Morgan fingerprint density at radius 1 is 1.21 bits per heavy atom. The fourth-order valence-electron chi connectivity index (χ4n) is 3.20. The molecule has 0 radical (unpaired) electrons. The highest BCUT2D eigenvalue weighted by atomic mass is 16.5. The van der Waals surface area contributed by atoms with E-state index < -0.39 is 0 Å². The van der Waals surface area contributed by atoms with Gasteiger partial charge in [0, 0.05) is 13.0 Å². The summed E-state index contributed by atoms with van der Waals surface area (Å²) in [6.45, 7) is 5.06. The highest BCUT2D eigenvalue weighted by molar-refractivity contribution is 5.43. The van der Waals surface area contributed by atoms with Crippen LogP contribution >= 0.6 is 0 Å². The molecule has 1 saturated heterocycles. The second-order valence-electron chi connectivity index (χ2n) is 6.39. The van der Waals surface area contributed by atoms with E-state index >= 15 is 0 Å². The van der Waals surface area contributed by atoms with Gasteiger partial charge in [-0.2, -0.15) is 4.98 Å². The first kappa shape index (κ1) is 16.8. The van der Waals surface area contributed by atoms with Crippen molar-refractivity contribution in [2.45, 2.75) is 38.7 Å². The molecule has 130 valence electrons. The number of aromatic nitrogens is 2. The van der Waals surface area contributed by atoms with Gasteiger partial charge in [-0.1, -0.05) is 25.1 Å². The molecular formula is C18H24N2O4. The summed E-state index contributed by atoms with van der Waals surface area (Å²) in [5.41, 5.74) is 1.04. The predicted octanol–water partition coefficient (Wildman–Crippen LogP) is 3.21. The van der Waals surface area contributed by atoms with Gasteiger partial charge in [0.05, 0.1) is 26.2 Å². The molecule has 2 heterocycles. The van der Waals surface area contributed by atoms with Crippen LogP contribution in [0.4, 0.5) is 0 Å². The predicted molar refractivity (Wildman–Crippen MR) is 88.6 cm³/mol. The van der Waals surface area contributed by atoms with Gasteiger partial charge < -0.3 is 18.7 Å². The van der Waals surface area contributed by atoms with E-state index in [4.69, 9.17) is 18.7 Å². The smallest absolute Gasteiger partial charge is 0.232 e. The highest BCUT2D eigenvalue weighted by Crippen LogP contribution is 2.34. The molecule has 0 saturated carbocycles. The maximum Gasteiger partial charge on any atom is 0.232 e. The Labute approximate surface area is 142 Å². The number of ether oxygens (including phenoxy) is 3. The average molecular weight is 332 g/mol. The van der Waals surface area contributed by atoms with Crippen molar-refractivity contribution >= 4 is 0 Å². The zero-order valence-corrected chi connectivity index (χ0v) is 14.6. The lowest BCUT2D eigenvalue weighted by atomic mass is 9.93. The summed E-state index contributed by atoms with van der Waals surface area (Å²) < 4.78 is 21.9. The number of hydrogen-bond donors (Lipinski definition) is 0. The van der Waals surface area contributed by atoms with Crippen LogP contribution in [0.3, 0.4) is 0 Å². The first-order chi connectivity index (χ1) is 11.6. The van der Waals surface area contributed by atoms with Crippen LogP contribution in [0, 0.1) is 5.92 Å². The molecule has 0 spiro atoms. The van der Waals surface area contributed by atoms with Gasteiger partial charge in [0.15, 0.2) is 17.3 Å². The Hall–Kier alpha value is -2.08. The minimum Gasteiger partial charge on any atom is -0.493 e.